The molecule has 0 bridgehead atoms. The second kappa shape index (κ2) is 11.9. The Hall–Kier alpha value is -1.55. The Bertz CT molecular complexity index is 427. The van der Waals surface area contributed by atoms with Gasteiger partial charge in [0.05, 0.1) is 6.61 Å². The van der Waals surface area contributed by atoms with Gasteiger partial charge in [-0.1, -0.05) is 45.4 Å². The van der Waals surface area contributed by atoms with Crippen LogP contribution in [0.4, 0.5) is 0 Å². The summed E-state index contributed by atoms with van der Waals surface area (Å²) in [7, 11) is 0. The molecule has 1 rings (SSSR count). The van der Waals surface area contributed by atoms with Gasteiger partial charge in [0, 0.05) is 18.6 Å². The highest BCUT2D eigenvalue weighted by atomic mass is 16.5. The third kappa shape index (κ3) is 9.24. The monoisotopic (exact) mass is 323 g/mol. The van der Waals surface area contributed by atoms with Crippen molar-refractivity contribution in [1.29, 1.82) is 0 Å². The number of aliphatic hydroxyl groups is 1. The van der Waals surface area contributed by atoms with Gasteiger partial charge >= 0.3 is 0 Å². The number of hydrogen-bond donors (Lipinski definition) is 2. The predicted octanol–water partition coefficient (Wildman–Crippen LogP) is 3.71. The van der Waals surface area contributed by atoms with Crippen molar-refractivity contribution in [3.05, 3.63) is 29.8 Å². The summed E-state index contributed by atoms with van der Waals surface area (Å²) in [6, 6.07) is 7.99. The first kappa shape index (κ1) is 21.4. The molecule has 0 saturated carbocycles. The van der Waals surface area contributed by atoms with Crippen molar-refractivity contribution in [2.75, 3.05) is 19.8 Å². The number of ether oxygens (including phenoxy) is 1. The molecule has 1 amide bonds. The molecule has 0 aliphatic rings. The van der Waals surface area contributed by atoms with Crippen LogP contribution in [0.3, 0.4) is 0 Å². The molecule has 0 heterocycles. The van der Waals surface area contributed by atoms with E-state index in [0.717, 1.165) is 18.6 Å². The number of aryl methyl sites for hydroxylation is 1. The van der Waals surface area contributed by atoms with Crippen molar-refractivity contribution in [1.82, 2.24) is 5.32 Å². The van der Waals surface area contributed by atoms with Crippen LogP contribution >= 0.6 is 0 Å². The standard InChI is InChI=1S/C17H27NO3.C2H6/c1-14-6-8-15(9-7-14)21-13-5-4-11-18-16(20)17(2,3)10-12-19;1-2/h6-9,19H,4-5,10-13H2,1-3H3,(H,18,20);1-2H3. The van der Waals surface area contributed by atoms with Gasteiger partial charge in [0.15, 0.2) is 0 Å². The van der Waals surface area contributed by atoms with E-state index in [1.54, 1.807) is 0 Å². The lowest BCUT2D eigenvalue weighted by Crippen LogP contribution is -2.38. The van der Waals surface area contributed by atoms with E-state index in [4.69, 9.17) is 9.84 Å². The first-order valence-electron chi connectivity index (χ1n) is 8.54. The Balaban J connectivity index is 0.00000232. The normalized spacial score (nSPS) is 10.5. The number of aliphatic hydroxyl groups excluding tert-OH is 1. The first-order chi connectivity index (χ1) is 11.0. The highest BCUT2D eigenvalue weighted by Gasteiger charge is 2.26. The SMILES string of the molecule is CC.Cc1ccc(OCCCCNC(=O)C(C)(C)CCO)cc1. The van der Waals surface area contributed by atoms with E-state index in [1.165, 1.54) is 5.56 Å². The molecule has 0 aromatic heterocycles. The zero-order valence-electron chi connectivity index (χ0n) is 15.3. The van der Waals surface area contributed by atoms with Gasteiger partial charge in [-0.25, -0.2) is 0 Å². The Morgan fingerprint density at radius 3 is 2.35 bits per heavy atom. The molecule has 0 unspecified atom stereocenters. The largest absolute Gasteiger partial charge is 0.494 e. The van der Waals surface area contributed by atoms with Gasteiger partial charge < -0.3 is 15.2 Å². The molecular formula is C19H33NO3. The van der Waals surface area contributed by atoms with Gasteiger partial charge in [0.1, 0.15) is 5.75 Å². The number of benzene rings is 1. The summed E-state index contributed by atoms with van der Waals surface area (Å²) in [5.41, 5.74) is 0.711. The van der Waals surface area contributed by atoms with Crippen molar-refractivity contribution in [2.45, 2.75) is 53.9 Å². The van der Waals surface area contributed by atoms with Gasteiger partial charge in [0.2, 0.25) is 5.91 Å². The number of carbonyl (C=O) groups excluding carboxylic acids is 1. The molecular weight excluding hydrogens is 290 g/mol. The second-order valence-corrected chi connectivity index (χ2v) is 5.98. The molecule has 23 heavy (non-hydrogen) atoms. The molecule has 4 heteroatoms. The topological polar surface area (TPSA) is 58.6 Å². The van der Waals surface area contributed by atoms with Crippen LogP contribution in [0.25, 0.3) is 0 Å². The lowest BCUT2D eigenvalue weighted by Gasteiger charge is -2.22. The number of amides is 1. The smallest absolute Gasteiger partial charge is 0.225 e. The minimum Gasteiger partial charge on any atom is -0.494 e. The van der Waals surface area contributed by atoms with Crippen LogP contribution in [0.2, 0.25) is 0 Å². The number of nitrogens with one attached hydrogen (secondary N) is 1. The maximum absolute atomic E-state index is 11.9. The van der Waals surface area contributed by atoms with E-state index in [-0.39, 0.29) is 12.5 Å². The number of unbranched alkanes of at least 4 members (excludes halogenated alkanes) is 1. The third-order valence-electron chi connectivity index (χ3n) is 3.50. The minimum atomic E-state index is -0.507. The molecule has 1 aromatic rings. The van der Waals surface area contributed by atoms with Crippen LogP contribution in [0.1, 0.15) is 52.5 Å². The fourth-order valence-electron chi connectivity index (χ4n) is 1.89. The van der Waals surface area contributed by atoms with Crippen LogP contribution in [-0.2, 0) is 4.79 Å². The summed E-state index contributed by atoms with van der Waals surface area (Å²) in [5, 5.41) is 11.8. The van der Waals surface area contributed by atoms with Crippen LogP contribution in [0, 0.1) is 12.3 Å². The van der Waals surface area contributed by atoms with Crippen LogP contribution in [0.15, 0.2) is 24.3 Å². The second-order valence-electron chi connectivity index (χ2n) is 5.98. The fourth-order valence-corrected chi connectivity index (χ4v) is 1.89. The van der Waals surface area contributed by atoms with E-state index in [1.807, 2.05) is 58.9 Å². The van der Waals surface area contributed by atoms with Crippen molar-refractivity contribution >= 4 is 5.91 Å². The Morgan fingerprint density at radius 2 is 1.78 bits per heavy atom. The maximum Gasteiger partial charge on any atom is 0.225 e. The molecule has 0 aliphatic heterocycles. The molecule has 0 spiro atoms. The number of rotatable bonds is 9. The van der Waals surface area contributed by atoms with Gasteiger partial charge in [-0.3, -0.25) is 4.79 Å². The van der Waals surface area contributed by atoms with E-state index >= 15 is 0 Å². The van der Waals surface area contributed by atoms with Gasteiger partial charge in [-0.05, 0) is 38.3 Å². The molecule has 2 N–H and O–H groups in total. The quantitative estimate of drug-likeness (QED) is 0.681. The summed E-state index contributed by atoms with van der Waals surface area (Å²) >= 11 is 0. The van der Waals surface area contributed by atoms with Crippen molar-refractivity contribution in [3.63, 3.8) is 0 Å². The highest BCUT2D eigenvalue weighted by molar-refractivity contribution is 5.81. The predicted molar refractivity (Wildman–Crippen MR) is 95.7 cm³/mol. The molecule has 0 fully saturated rings. The molecule has 132 valence electrons. The molecule has 0 saturated heterocycles. The average Bonchev–Trinajstić information content (AvgIpc) is 2.54. The Labute approximate surface area is 141 Å². The summed E-state index contributed by atoms with van der Waals surface area (Å²) in [6.45, 7) is 11.1. The first-order valence-corrected chi connectivity index (χ1v) is 8.54. The summed E-state index contributed by atoms with van der Waals surface area (Å²) in [5.74, 6) is 0.879. The average molecular weight is 323 g/mol. The zero-order valence-corrected chi connectivity index (χ0v) is 15.3. The maximum atomic E-state index is 11.9. The molecule has 1 aromatic carbocycles. The summed E-state index contributed by atoms with van der Waals surface area (Å²) in [4.78, 5) is 11.9. The minimum absolute atomic E-state index is 0.00370. The van der Waals surface area contributed by atoms with Crippen molar-refractivity contribution in [3.8, 4) is 5.75 Å². The summed E-state index contributed by atoms with van der Waals surface area (Å²) < 4.78 is 5.63. The van der Waals surface area contributed by atoms with E-state index in [0.29, 0.717) is 19.6 Å². The van der Waals surface area contributed by atoms with E-state index in [9.17, 15) is 4.79 Å². The lowest BCUT2D eigenvalue weighted by molar-refractivity contribution is -0.130. The van der Waals surface area contributed by atoms with Crippen molar-refractivity contribution in [2.24, 2.45) is 5.41 Å². The Morgan fingerprint density at radius 1 is 1.17 bits per heavy atom. The van der Waals surface area contributed by atoms with Gasteiger partial charge in [-0.15, -0.1) is 0 Å². The van der Waals surface area contributed by atoms with Crippen LogP contribution < -0.4 is 10.1 Å². The molecule has 0 atom stereocenters. The molecule has 4 nitrogen and oxygen atoms in total. The number of carbonyl (C=O) groups is 1. The van der Waals surface area contributed by atoms with Crippen LogP contribution in [0.5, 0.6) is 5.75 Å². The van der Waals surface area contributed by atoms with Gasteiger partial charge in [0.25, 0.3) is 0 Å². The fraction of sp³-hybridized carbons (Fsp3) is 0.632. The molecule has 0 aliphatic carbocycles. The molecule has 0 radical (unpaired) electrons. The van der Waals surface area contributed by atoms with E-state index in [2.05, 4.69) is 5.32 Å². The highest BCUT2D eigenvalue weighted by Crippen LogP contribution is 2.19. The van der Waals surface area contributed by atoms with Gasteiger partial charge in [-0.2, -0.15) is 0 Å². The van der Waals surface area contributed by atoms with E-state index < -0.39 is 5.41 Å². The van der Waals surface area contributed by atoms with Crippen molar-refractivity contribution < 1.29 is 14.6 Å². The number of hydrogen-bond acceptors (Lipinski definition) is 3. The van der Waals surface area contributed by atoms with Crippen LogP contribution in [-0.4, -0.2) is 30.8 Å². The third-order valence-corrected chi connectivity index (χ3v) is 3.50. The summed E-state index contributed by atoms with van der Waals surface area (Å²) in [6.07, 6.45) is 2.26. The lowest BCUT2D eigenvalue weighted by atomic mass is 9.88. The zero-order chi connectivity index (χ0) is 17.7. The Kier molecular flexibility index (Phi) is 11.1.